The Morgan fingerprint density at radius 2 is 1.58 bits per heavy atom. The number of nitrogens with one attached hydrogen (secondary N) is 3. The minimum atomic E-state index is -0.577. The summed E-state index contributed by atoms with van der Waals surface area (Å²) in [7, 11) is 3.05. The molecule has 0 heterocycles. The lowest BCUT2D eigenvalue weighted by molar-refractivity contribution is -0.115. The Balaban J connectivity index is 1.48. The molecule has 3 N–H and O–H groups in total. The van der Waals surface area contributed by atoms with Gasteiger partial charge in [-0.15, -0.1) is 11.8 Å². The van der Waals surface area contributed by atoms with Gasteiger partial charge in [0.15, 0.2) is 0 Å². The number of hydrogen-bond acceptors (Lipinski definition) is 6. The molecule has 0 aromatic heterocycles. The third-order valence-corrected chi connectivity index (χ3v) is 7.24. The van der Waals surface area contributed by atoms with Crippen molar-refractivity contribution in [1.29, 1.82) is 0 Å². The largest absolute Gasteiger partial charge is 0.497 e. The number of halogens is 1. The molecule has 43 heavy (non-hydrogen) atoms. The SMILES string of the molecule is COc1ccc(OC)c(NC(=O)C(C)Sc2cccc(NC(=O)/C(=C/c3ccc(F)cc3)NC(=O)c3ccccc3)c2)c1. The maximum Gasteiger partial charge on any atom is 0.272 e. The molecule has 4 rings (SSSR count). The molecular formula is C33H30FN3O5S. The van der Waals surface area contributed by atoms with Crippen LogP contribution >= 0.6 is 11.8 Å². The van der Waals surface area contributed by atoms with Gasteiger partial charge < -0.3 is 25.4 Å². The molecule has 3 amide bonds. The predicted octanol–water partition coefficient (Wildman–Crippen LogP) is 6.37. The van der Waals surface area contributed by atoms with Crippen molar-refractivity contribution in [3.05, 3.63) is 120 Å². The summed E-state index contributed by atoms with van der Waals surface area (Å²) in [6.07, 6.45) is 1.47. The Morgan fingerprint density at radius 1 is 0.837 bits per heavy atom. The van der Waals surface area contributed by atoms with Gasteiger partial charge in [-0.1, -0.05) is 36.4 Å². The van der Waals surface area contributed by atoms with E-state index in [9.17, 15) is 18.8 Å². The van der Waals surface area contributed by atoms with Crippen molar-refractivity contribution in [3.8, 4) is 11.5 Å². The first-order valence-electron chi connectivity index (χ1n) is 13.2. The fourth-order valence-corrected chi connectivity index (χ4v) is 4.84. The summed E-state index contributed by atoms with van der Waals surface area (Å²) in [6, 6.07) is 26.1. The second-order valence-electron chi connectivity index (χ2n) is 9.23. The highest BCUT2D eigenvalue weighted by Crippen LogP contribution is 2.31. The van der Waals surface area contributed by atoms with Crippen LogP contribution in [0.4, 0.5) is 15.8 Å². The van der Waals surface area contributed by atoms with Crippen molar-refractivity contribution in [2.75, 3.05) is 24.9 Å². The molecule has 0 radical (unpaired) electrons. The van der Waals surface area contributed by atoms with E-state index in [-0.39, 0.29) is 11.6 Å². The van der Waals surface area contributed by atoms with Crippen molar-refractivity contribution in [2.24, 2.45) is 0 Å². The standard InChI is InChI=1S/C33H30FN3O5S/c1-21(31(38)36-28-20-26(41-2)16-17-30(28)42-3)43-27-11-7-10-25(19-27)35-33(40)29(18-22-12-14-24(34)15-13-22)37-32(39)23-8-5-4-6-9-23/h4-21H,1-3H3,(H,35,40)(H,36,38)(H,37,39)/b29-18-. The van der Waals surface area contributed by atoms with Gasteiger partial charge in [0.1, 0.15) is 23.0 Å². The molecule has 4 aromatic carbocycles. The molecule has 0 bridgehead atoms. The lowest BCUT2D eigenvalue weighted by Crippen LogP contribution is -2.30. The number of carbonyl (C=O) groups is 3. The van der Waals surface area contributed by atoms with Crippen molar-refractivity contribution >= 4 is 46.9 Å². The van der Waals surface area contributed by atoms with E-state index in [1.165, 1.54) is 56.3 Å². The average molecular weight is 600 g/mol. The summed E-state index contributed by atoms with van der Waals surface area (Å²) in [6.45, 7) is 1.76. The fourth-order valence-electron chi connectivity index (χ4n) is 3.92. The van der Waals surface area contributed by atoms with Crippen LogP contribution in [-0.4, -0.2) is 37.2 Å². The van der Waals surface area contributed by atoms with Crippen molar-refractivity contribution < 1.29 is 28.2 Å². The number of amides is 3. The Kier molecular flexibility index (Phi) is 10.5. The maximum absolute atomic E-state index is 13.4. The number of methoxy groups -OCH3 is 2. The van der Waals surface area contributed by atoms with E-state index in [0.29, 0.717) is 34.0 Å². The van der Waals surface area contributed by atoms with E-state index in [4.69, 9.17) is 9.47 Å². The topological polar surface area (TPSA) is 106 Å². The quantitative estimate of drug-likeness (QED) is 0.137. The van der Waals surface area contributed by atoms with Crippen LogP contribution in [-0.2, 0) is 9.59 Å². The number of thioether (sulfide) groups is 1. The van der Waals surface area contributed by atoms with Gasteiger partial charge in [0.25, 0.3) is 11.8 Å². The number of carbonyl (C=O) groups excluding carboxylic acids is 3. The molecule has 0 saturated heterocycles. The second kappa shape index (κ2) is 14.7. The Bertz CT molecular complexity index is 1630. The normalized spacial score (nSPS) is 11.7. The number of anilines is 2. The molecule has 0 saturated carbocycles. The average Bonchev–Trinajstić information content (AvgIpc) is 3.02. The molecule has 8 nitrogen and oxygen atoms in total. The molecule has 0 aliphatic rings. The van der Waals surface area contributed by atoms with Gasteiger partial charge in [-0.05, 0) is 73.2 Å². The molecule has 1 unspecified atom stereocenters. The monoisotopic (exact) mass is 599 g/mol. The molecule has 0 spiro atoms. The summed E-state index contributed by atoms with van der Waals surface area (Å²) in [5, 5.41) is 7.83. The first-order valence-corrected chi connectivity index (χ1v) is 14.1. The molecule has 1 atom stereocenters. The van der Waals surface area contributed by atoms with Crippen LogP contribution < -0.4 is 25.4 Å². The van der Waals surface area contributed by atoms with Gasteiger partial charge in [0.05, 0.1) is 25.2 Å². The van der Waals surface area contributed by atoms with Crippen LogP contribution in [0.2, 0.25) is 0 Å². The fraction of sp³-hybridized carbons (Fsp3) is 0.121. The molecule has 220 valence electrons. The van der Waals surface area contributed by atoms with Crippen LogP contribution in [0.5, 0.6) is 11.5 Å². The van der Waals surface area contributed by atoms with Gasteiger partial charge in [0, 0.05) is 22.2 Å². The van der Waals surface area contributed by atoms with E-state index < -0.39 is 22.9 Å². The number of ether oxygens (including phenoxy) is 2. The molecule has 4 aromatic rings. The smallest absolute Gasteiger partial charge is 0.272 e. The summed E-state index contributed by atoms with van der Waals surface area (Å²) >= 11 is 1.30. The van der Waals surface area contributed by atoms with Crippen molar-refractivity contribution in [1.82, 2.24) is 5.32 Å². The lowest BCUT2D eigenvalue weighted by Gasteiger charge is -2.16. The maximum atomic E-state index is 13.4. The lowest BCUT2D eigenvalue weighted by atomic mass is 10.1. The zero-order valence-electron chi connectivity index (χ0n) is 23.7. The summed E-state index contributed by atoms with van der Waals surface area (Å²) in [5.74, 6) is -0.643. The zero-order chi connectivity index (χ0) is 30.8. The van der Waals surface area contributed by atoms with Gasteiger partial charge in [0.2, 0.25) is 5.91 Å². The summed E-state index contributed by atoms with van der Waals surface area (Å²) in [5.41, 5.74) is 1.81. The third-order valence-electron chi connectivity index (χ3n) is 6.15. The highest BCUT2D eigenvalue weighted by molar-refractivity contribution is 8.00. The highest BCUT2D eigenvalue weighted by Gasteiger charge is 2.19. The molecule has 0 fully saturated rings. The van der Waals surface area contributed by atoms with Crippen molar-refractivity contribution in [2.45, 2.75) is 17.1 Å². The third kappa shape index (κ3) is 8.70. The Morgan fingerprint density at radius 3 is 2.28 bits per heavy atom. The van der Waals surface area contributed by atoms with Crippen LogP contribution in [0.3, 0.4) is 0 Å². The Labute approximate surface area is 253 Å². The zero-order valence-corrected chi connectivity index (χ0v) is 24.5. The van der Waals surface area contributed by atoms with E-state index in [1.807, 2.05) is 6.07 Å². The number of benzene rings is 4. The first kappa shape index (κ1) is 30.9. The van der Waals surface area contributed by atoms with E-state index in [2.05, 4.69) is 16.0 Å². The highest BCUT2D eigenvalue weighted by atomic mass is 32.2. The van der Waals surface area contributed by atoms with Crippen molar-refractivity contribution in [3.63, 3.8) is 0 Å². The van der Waals surface area contributed by atoms with Gasteiger partial charge in [-0.25, -0.2) is 4.39 Å². The Hall–Kier alpha value is -5.09. The van der Waals surface area contributed by atoms with Gasteiger partial charge >= 0.3 is 0 Å². The summed E-state index contributed by atoms with van der Waals surface area (Å²) < 4.78 is 24.0. The molecular weight excluding hydrogens is 569 g/mol. The molecule has 10 heteroatoms. The van der Waals surface area contributed by atoms with Crippen LogP contribution in [0, 0.1) is 5.82 Å². The van der Waals surface area contributed by atoms with E-state index in [0.717, 1.165) is 4.90 Å². The van der Waals surface area contributed by atoms with Gasteiger partial charge in [-0.2, -0.15) is 0 Å². The summed E-state index contributed by atoms with van der Waals surface area (Å²) in [4.78, 5) is 39.9. The number of hydrogen-bond donors (Lipinski definition) is 3. The van der Waals surface area contributed by atoms with E-state index in [1.54, 1.807) is 73.7 Å². The molecule has 0 aliphatic heterocycles. The van der Waals surface area contributed by atoms with Crippen LogP contribution in [0.25, 0.3) is 6.08 Å². The van der Waals surface area contributed by atoms with Crippen LogP contribution in [0.15, 0.2) is 108 Å². The molecule has 0 aliphatic carbocycles. The minimum Gasteiger partial charge on any atom is -0.497 e. The number of rotatable bonds is 11. The van der Waals surface area contributed by atoms with E-state index >= 15 is 0 Å². The predicted molar refractivity (Wildman–Crippen MR) is 167 cm³/mol. The minimum absolute atomic E-state index is 0.0292. The first-order chi connectivity index (χ1) is 20.7. The second-order valence-corrected chi connectivity index (χ2v) is 10.6. The van der Waals surface area contributed by atoms with Gasteiger partial charge in [-0.3, -0.25) is 14.4 Å². The van der Waals surface area contributed by atoms with Crippen LogP contribution in [0.1, 0.15) is 22.8 Å².